The third kappa shape index (κ3) is 7.37. The minimum Gasteiger partial charge on any atom is -0.493 e. The number of halogens is 1. The van der Waals surface area contributed by atoms with E-state index in [-0.39, 0.29) is 11.4 Å². The van der Waals surface area contributed by atoms with Crippen LogP contribution in [-0.4, -0.2) is 40.1 Å². The van der Waals surface area contributed by atoms with Gasteiger partial charge in [0, 0.05) is 23.7 Å². The number of rotatable bonds is 11. The number of hydrogen-bond acceptors (Lipinski definition) is 4. The number of hydrogen-bond donors (Lipinski definition) is 1. The largest absolute Gasteiger partial charge is 0.493 e. The summed E-state index contributed by atoms with van der Waals surface area (Å²) in [7, 11) is -1.52. The second-order valence-electron chi connectivity index (χ2n) is 6.76. The van der Waals surface area contributed by atoms with E-state index in [0.29, 0.717) is 18.2 Å². The Bertz CT molecular complexity index is 938. The number of ether oxygens (including phenoxy) is 1. The third-order valence-corrected chi connectivity index (χ3v) is 5.96. The molecule has 0 aromatic heterocycles. The highest BCUT2D eigenvalue weighted by molar-refractivity contribution is 7.89. The predicted molar refractivity (Wildman–Crippen MR) is 118 cm³/mol. The van der Waals surface area contributed by atoms with E-state index in [0.717, 1.165) is 36.3 Å². The van der Waals surface area contributed by atoms with Gasteiger partial charge in [-0.05, 0) is 55.8 Å². The predicted octanol–water partition coefficient (Wildman–Crippen LogP) is 3.71. The van der Waals surface area contributed by atoms with Crippen LogP contribution in [0.1, 0.15) is 24.5 Å². The lowest BCUT2D eigenvalue weighted by Crippen LogP contribution is -2.24. The Labute approximate surface area is 179 Å². The summed E-state index contributed by atoms with van der Waals surface area (Å²) in [5.41, 5.74) is 2.11. The van der Waals surface area contributed by atoms with Gasteiger partial charge >= 0.3 is 0 Å². The van der Waals surface area contributed by atoms with Gasteiger partial charge in [-0.2, -0.15) is 4.72 Å². The fourth-order valence-electron chi connectivity index (χ4n) is 2.77. The van der Waals surface area contributed by atoms with Crippen LogP contribution in [0.4, 0.5) is 0 Å². The van der Waals surface area contributed by atoms with E-state index in [1.54, 1.807) is 12.1 Å². The van der Waals surface area contributed by atoms with Gasteiger partial charge in [-0.3, -0.25) is 0 Å². The summed E-state index contributed by atoms with van der Waals surface area (Å²) >= 11 is 6.15. The van der Waals surface area contributed by atoms with E-state index in [4.69, 9.17) is 22.8 Å². The summed E-state index contributed by atoms with van der Waals surface area (Å²) in [4.78, 5) is 2.39. The fourth-order valence-corrected chi connectivity index (χ4v) is 3.90. The topological polar surface area (TPSA) is 58.6 Å². The Kier molecular flexibility index (Phi) is 8.99. The number of terminal acetylenes is 1. The quantitative estimate of drug-likeness (QED) is 0.547. The van der Waals surface area contributed by atoms with Crippen molar-refractivity contribution in [3.8, 4) is 18.1 Å². The summed E-state index contributed by atoms with van der Waals surface area (Å²) in [6.07, 6.45) is 6.84. The molecule has 0 bridgehead atoms. The zero-order chi connectivity index (χ0) is 21.3. The van der Waals surface area contributed by atoms with Crippen LogP contribution < -0.4 is 9.46 Å². The molecule has 2 aromatic rings. The Hall–Kier alpha value is -2.04. The molecule has 0 spiro atoms. The summed E-state index contributed by atoms with van der Waals surface area (Å²) in [5.74, 6) is 3.12. The van der Waals surface area contributed by atoms with Gasteiger partial charge < -0.3 is 9.64 Å². The van der Waals surface area contributed by atoms with Crippen molar-refractivity contribution in [3.05, 3.63) is 58.6 Å². The molecule has 0 atom stereocenters. The van der Waals surface area contributed by atoms with Gasteiger partial charge in [0.25, 0.3) is 0 Å². The van der Waals surface area contributed by atoms with Crippen LogP contribution in [-0.2, 0) is 23.0 Å². The van der Waals surface area contributed by atoms with Crippen LogP contribution in [0.2, 0.25) is 5.02 Å². The lowest BCUT2D eigenvalue weighted by atomic mass is 10.1. The number of benzene rings is 2. The van der Waals surface area contributed by atoms with Crippen LogP contribution in [0, 0.1) is 12.3 Å². The second kappa shape index (κ2) is 11.2. The van der Waals surface area contributed by atoms with Crippen molar-refractivity contribution in [1.82, 2.24) is 9.62 Å². The van der Waals surface area contributed by atoms with Gasteiger partial charge in [0.15, 0.2) is 0 Å². The van der Waals surface area contributed by atoms with Gasteiger partial charge in [-0.1, -0.05) is 36.6 Å². The molecule has 29 heavy (non-hydrogen) atoms. The van der Waals surface area contributed by atoms with Crippen molar-refractivity contribution in [1.29, 1.82) is 0 Å². The lowest BCUT2D eigenvalue weighted by Gasteiger charge is -2.19. The van der Waals surface area contributed by atoms with Crippen LogP contribution >= 0.6 is 11.6 Å². The maximum atomic E-state index is 12.1. The molecule has 0 radical (unpaired) electrons. The first-order valence-electron chi connectivity index (χ1n) is 9.47. The summed E-state index contributed by atoms with van der Waals surface area (Å²) < 4.78 is 32.3. The Morgan fingerprint density at radius 3 is 2.59 bits per heavy atom. The van der Waals surface area contributed by atoms with Crippen molar-refractivity contribution in [2.75, 3.05) is 26.7 Å². The number of likely N-dealkylation sites (N-methyl/N-ethyl adjacent to an activating group) is 1. The zero-order valence-corrected chi connectivity index (χ0v) is 18.4. The molecular formula is C22H27ClN2O3S. The van der Waals surface area contributed by atoms with Crippen LogP contribution in [0.25, 0.3) is 0 Å². The van der Waals surface area contributed by atoms with E-state index >= 15 is 0 Å². The van der Waals surface area contributed by atoms with Gasteiger partial charge in [-0.25, -0.2) is 8.42 Å². The van der Waals surface area contributed by atoms with Gasteiger partial charge in [0.05, 0.1) is 18.0 Å². The molecular weight excluding hydrogens is 408 g/mol. The zero-order valence-electron chi connectivity index (χ0n) is 16.8. The molecule has 0 aliphatic heterocycles. The second-order valence-corrected chi connectivity index (χ2v) is 8.96. The van der Waals surface area contributed by atoms with Crippen LogP contribution in [0.5, 0.6) is 5.75 Å². The molecule has 0 heterocycles. The van der Waals surface area contributed by atoms with E-state index in [9.17, 15) is 8.42 Å². The fraction of sp³-hybridized carbons (Fsp3) is 0.364. The van der Waals surface area contributed by atoms with Crippen molar-refractivity contribution < 1.29 is 13.2 Å². The van der Waals surface area contributed by atoms with E-state index in [1.807, 2.05) is 37.4 Å². The van der Waals surface area contributed by atoms with E-state index in [1.165, 1.54) is 0 Å². The molecule has 0 saturated heterocycles. The molecule has 0 aliphatic carbocycles. The normalized spacial score (nSPS) is 11.4. The Morgan fingerprint density at radius 1 is 1.21 bits per heavy atom. The molecule has 0 unspecified atom stereocenters. The number of nitrogens with one attached hydrogen (secondary N) is 1. The summed E-state index contributed by atoms with van der Waals surface area (Å²) in [5, 5.41) is 0.687. The maximum absolute atomic E-state index is 12.1. The molecule has 2 rings (SSSR count). The average Bonchev–Trinajstić information content (AvgIpc) is 2.70. The molecule has 0 aliphatic rings. The highest BCUT2D eigenvalue weighted by Gasteiger charge is 2.13. The maximum Gasteiger partial charge on any atom is 0.241 e. The third-order valence-electron chi connectivity index (χ3n) is 4.30. The Balaban J connectivity index is 1.95. The lowest BCUT2D eigenvalue weighted by molar-refractivity contribution is 0.294. The van der Waals surface area contributed by atoms with Crippen molar-refractivity contribution in [2.24, 2.45) is 0 Å². The standard InChI is InChI=1S/C22H27ClN2O3S/c1-4-13-24-29(26,27)21-9-6-18(7-10-21)12-14-25(3)17-19-16-20(23)8-11-22(19)28-15-5-2/h1,6-11,16,24H,5,12-15,17H2,2-3H3. The smallest absolute Gasteiger partial charge is 0.241 e. The van der Waals surface area contributed by atoms with Crippen molar-refractivity contribution >= 4 is 21.6 Å². The van der Waals surface area contributed by atoms with Gasteiger partial charge in [0.1, 0.15) is 5.75 Å². The Morgan fingerprint density at radius 2 is 1.93 bits per heavy atom. The first kappa shape index (κ1) is 23.2. The van der Waals surface area contributed by atoms with E-state index < -0.39 is 10.0 Å². The number of sulfonamides is 1. The molecule has 0 saturated carbocycles. The minimum absolute atomic E-state index is 0.0255. The summed E-state index contributed by atoms with van der Waals surface area (Å²) in [6.45, 7) is 4.23. The van der Waals surface area contributed by atoms with Gasteiger partial charge in [-0.15, -0.1) is 6.42 Å². The van der Waals surface area contributed by atoms with Crippen molar-refractivity contribution in [2.45, 2.75) is 31.2 Å². The van der Waals surface area contributed by atoms with Gasteiger partial charge in [0.2, 0.25) is 10.0 Å². The van der Waals surface area contributed by atoms with Crippen LogP contribution in [0.15, 0.2) is 47.4 Å². The summed E-state index contributed by atoms with van der Waals surface area (Å²) in [6, 6.07) is 12.5. The molecule has 2 aromatic carbocycles. The van der Waals surface area contributed by atoms with Crippen molar-refractivity contribution in [3.63, 3.8) is 0 Å². The first-order valence-corrected chi connectivity index (χ1v) is 11.3. The molecule has 1 N–H and O–H groups in total. The monoisotopic (exact) mass is 434 g/mol. The molecule has 156 valence electrons. The highest BCUT2D eigenvalue weighted by Crippen LogP contribution is 2.24. The minimum atomic E-state index is -3.56. The molecule has 5 nitrogen and oxygen atoms in total. The first-order chi connectivity index (χ1) is 13.9. The van der Waals surface area contributed by atoms with Crippen LogP contribution in [0.3, 0.4) is 0 Å². The SMILES string of the molecule is C#CCNS(=O)(=O)c1ccc(CCN(C)Cc2cc(Cl)ccc2OCCC)cc1. The van der Waals surface area contributed by atoms with E-state index in [2.05, 4.69) is 22.5 Å². The number of nitrogens with zero attached hydrogens (tertiary/aromatic N) is 1. The average molecular weight is 435 g/mol. The molecule has 0 fully saturated rings. The molecule has 7 heteroatoms. The molecule has 0 amide bonds. The highest BCUT2D eigenvalue weighted by atomic mass is 35.5.